The zero-order valence-electron chi connectivity index (χ0n) is 10.1. The molecule has 0 saturated heterocycles. The molecule has 1 aromatic rings. The summed E-state index contributed by atoms with van der Waals surface area (Å²) in [6, 6.07) is 4.89. The fraction of sp³-hybridized carbons (Fsp3) is 0.417. The van der Waals surface area contributed by atoms with Gasteiger partial charge in [0.15, 0.2) is 0 Å². The van der Waals surface area contributed by atoms with Crippen LogP contribution in [0.5, 0.6) is 0 Å². The molecule has 0 unspecified atom stereocenters. The number of halogens is 1. The molecular formula is C12H16ClNO3. The summed E-state index contributed by atoms with van der Waals surface area (Å²) in [6.45, 7) is 5.25. The maximum atomic E-state index is 11.5. The summed E-state index contributed by atoms with van der Waals surface area (Å²) in [5, 5.41) is 11.8. The van der Waals surface area contributed by atoms with Crippen molar-refractivity contribution in [2.45, 2.75) is 33.0 Å². The molecular weight excluding hydrogens is 242 g/mol. The molecule has 0 atom stereocenters. The summed E-state index contributed by atoms with van der Waals surface area (Å²) >= 11 is 5.94. The number of rotatable bonds is 2. The number of carbonyl (C=O) groups is 1. The quantitative estimate of drug-likeness (QED) is 0.856. The molecule has 0 aliphatic carbocycles. The van der Waals surface area contributed by atoms with Crippen molar-refractivity contribution in [1.29, 1.82) is 0 Å². The van der Waals surface area contributed by atoms with Crippen LogP contribution in [0, 0.1) is 0 Å². The minimum absolute atomic E-state index is 0.0908. The Balaban J connectivity index is 2.72. The van der Waals surface area contributed by atoms with Gasteiger partial charge in [0.2, 0.25) is 0 Å². The van der Waals surface area contributed by atoms with E-state index in [0.29, 0.717) is 16.3 Å². The van der Waals surface area contributed by atoms with Gasteiger partial charge in [-0.05, 0) is 38.5 Å². The topological polar surface area (TPSA) is 58.6 Å². The summed E-state index contributed by atoms with van der Waals surface area (Å²) in [6.07, 6.45) is -0.559. The number of hydrogen-bond acceptors (Lipinski definition) is 3. The van der Waals surface area contributed by atoms with Crippen LogP contribution in [-0.4, -0.2) is 16.8 Å². The highest BCUT2D eigenvalue weighted by Gasteiger charge is 2.16. The van der Waals surface area contributed by atoms with Crippen LogP contribution < -0.4 is 5.32 Å². The Bertz CT molecular complexity index is 413. The fourth-order valence-corrected chi connectivity index (χ4v) is 1.42. The number of ether oxygens (including phenoxy) is 1. The molecule has 0 aromatic heterocycles. The van der Waals surface area contributed by atoms with Gasteiger partial charge in [-0.2, -0.15) is 0 Å². The SMILES string of the molecule is CC(C)(C)OC(=O)Nc1ccc(CO)cc1Cl. The third kappa shape index (κ3) is 4.63. The van der Waals surface area contributed by atoms with Crippen LogP contribution in [-0.2, 0) is 11.3 Å². The van der Waals surface area contributed by atoms with E-state index in [4.69, 9.17) is 21.4 Å². The van der Waals surface area contributed by atoms with Gasteiger partial charge in [0, 0.05) is 0 Å². The average Bonchev–Trinajstić information content (AvgIpc) is 2.18. The van der Waals surface area contributed by atoms with Crippen molar-refractivity contribution < 1.29 is 14.6 Å². The number of nitrogens with one attached hydrogen (secondary N) is 1. The predicted octanol–water partition coefficient (Wildman–Crippen LogP) is 3.18. The van der Waals surface area contributed by atoms with Gasteiger partial charge >= 0.3 is 6.09 Å². The molecule has 1 amide bonds. The lowest BCUT2D eigenvalue weighted by atomic mass is 10.2. The highest BCUT2D eigenvalue weighted by molar-refractivity contribution is 6.33. The molecule has 0 heterocycles. The van der Waals surface area contributed by atoms with Crippen LogP contribution in [0.2, 0.25) is 5.02 Å². The van der Waals surface area contributed by atoms with Crippen LogP contribution in [0.4, 0.5) is 10.5 Å². The summed E-state index contributed by atoms with van der Waals surface area (Å²) in [5.41, 5.74) is 0.588. The second kappa shape index (κ2) is 5.38. The molecule has 0 radical (unpaired) electrons. The second-order valence-corrected chi connectivity index (χ2v) is 5.01. The Morgan fingerprint density at radius 2 is 2.12 bits per heavy atom. The standard InChI is InChI=1S/C12H16ClNO3/c1-12(2,3)17-11(16)14-10-5-4-8(7-15)6-9(10)13/h4-6,15H,7H2,1-3H3,(H,14,16). The van der Waals surface area contributed by atoms with Gasteiger partial charge < -0.3 is 9.84 Å². The molecule has 0 bridgehead atoms. The largest absolute Gasteiger partial charge is 0.444 e. The Labute approximate surface area is 106 Å². The molecule has 0 aliphatic rings. The minimum Gasteiger partial charge on any atom is -0.444 e. The van der Waals surface area contributed by atoms with E-state index in [9.17, 15) is 4.79 Å². The fourth-order valence-electron chi connectivity index (χ4n) is 1.17. The first-order chi connectivity index (χ1) is 7.81. The number of hydrogen-bond donors (Lipinski definition) is 2. The minimum atomic E-state index is -0.559. The summed E-state index contributed by atoms with van der Waals surface area (Å²) in [4.78, 5) is 11.5. The molecule has 2 N–H and O–H groups in total. The average molecular weight is 258 g/mol. The highest BCUT2D eigenvalue weighted by Crippen LogP contribution is 2.23. The Morgan fingerprint density at radius 3 is 2.59 bits per heavy atom. The summed E-state index contributed by atoms with van der Waals surface area (Å²) in [5.74, 6) is 0. The number of anilines is 1. The van der Waals surface area contributed by atoms with Gasteiger partial charge in [0.05, 0.1) is 17.3 Å². The van der Waals surface area contributed by atoms with E-state index >= 15 is 0 Å². The highest BCUT2D eigenvalue weighted by atomic mass is 35.5. The van der Waals surface area contributed by atoms with E-state index in [1.54, 1.807) is 39.0 Å². The number of carbonyl (C=O) groups excluding carboxylic acids is 1. The molecule has 1 aromatic carbocycles. The number of aliphatic hydroxyl groups is 1. The molecule has 0 aliphatic heterocycles. The monoisotopic (exact) mass is 257 g/mol. The van der Waals surface area contributed by atoms with Crippen LogP contribution in [0.25, 0.3) is 0 Å². The van der Waals surface area contributed by atoms with E-state index in [2.05, 4.69) is 5.32 Å². The van der Waals surface area contributed by atoms with Gasteiger partial charge in [-0.25, -0.2) is 4.79 Å². The van der Waals surface area contributed by atoms with Crippen molar-refractivity contribution in [3.63, 3.8) is 0 Å². The van der Waals surface area contributed by atoms with E-state index in [1.165, 1.54) is 0 Å². The molecule has 0 fully saturated rings. The molecule has 1 rings (SSSR count). The summed E-state index contributed by atoms with van der Waals surface area (Å²) in [7, 11) is 0. The maximum Gasteiger partial charge on any atom is 0.412 e. The zero-order chi connectivity index (χ0) is 13.1. The molecule has 5 heteroatoms. The molecule has 4 nitrogen and oxygen atoms in total. The van der Waals surface area contributed by atoms with Gasteiger partial charge in [0.25, 0.3) is 0 Å². The van der Waals surface area contributed by atoms with Crippen LogP contribution in [0.15, 0.2) is 18.2 Å². The van der Waals surface area contributed by atoms with Crippen molar-refractivity contribution in [1.82, 2.24) is 0 Å². The van der Waals surface area contributed by atoms with Crippen molar-refractivity contribution in [3.05, 3.63) is 28.8 Å². The molecule has 17 heavy (non-hydrogen) atoms. The van der Waals surface area contributed by atoms with Crippen molar-refractivity contribution in [3.8, 4) is 0 Å². The zero-order valence-corrected chi connectivity index (χ0v) is 10.8. The first kappa shape index (κ1) is 13.8. The number of amides is 1. The smallest absolute Gasteiger partial charge is 0.412 e. The van der Waals surface area contributed by atoms with E-state index in [0.717, 1.165) is 0 Å². The van der Waals surface area contributed by atoms with Crippen LogP contribution >= 0.6 is 11.6 Å². The Hall–Kier alpha value is -1.26. The van der Waals surface area contributed by atoms with Crippen molar-refractivity contribution >= 4 is 23.4 Å². The lowest BCUT2D eigenvalue weighted by Crippen LogP contribution is -2.27. The molecule has 0 spiro atoms. The lowest BCUT2D eigenvalue weighted by Gasteiger charge is -2.20. The molecule has 94 valence electrons. The maximum absolute atomic E-state index is 11.5. The normalized spacial score (nSPS) is 11.1. The van der Waals surface area contributed by atoms with Gasteiger partial charge in [-0.1, -0.05) is 17.7 Å². The Kier molecular flexibility index (Phi) is 4.37. The van der Waals surface area contributed by atoms with E-state index < -0.39 is 11.7 Å². The van der Waals surface area contributed by atoms with E-state index in [1.807, 2.05) is 0 Å². The van der Waals surface area contributed by atoms with Gasteiger partial charge in [0.1, 0.15) is 5.60 Å². The van der Waals surface area contributed by atoms with Crippen LogP contribution in [0.1, 0.15) is 26.3 Å². The van der Waals surface area contributed by atoms with Crippen molar-refractivity contribution in [2.24, 2.45) is 0 Å². The summed E-state index contributed by atoms with van der Waals surface area (Å²) < 4.78 is 5.10. The predicted molar refractivity (Wildman–Crippen MR) is 67.2 cm³/mol. The van der Waals surface area contributed by atoms with Crippen LogP contribution in [0.3, 0.4) is 0 Å². The van der Waals surface area contributed by atoms with E-state index in [-0.39, 0.29) is 6.61 Å². The third-order valence-electron chi connectivity index (χ3n) is 1.85. The van der Waals surface area contributed by atoms with Gasteiger partial charge in [-0.15, -0.1) is 0 Å². The third-order valence-corrected chi connectivity index (χ3v) is 2.16. The first-order valence-corrected chi connectivity index (χ1v) is 5.59. The van der Waals surface area contributed by atoms with Crippen molar-refractivity contribution in [2.75, 3.05) is 5.32 Å². The first-order valence-electron chi connectivity index (χ1n) is 5.21. The second-order valence-electron chi connectivity index (χ2n) is 4.60. The number of benzene rings is 1. The molecule has 0 saturated carbocycles. The van der Waals surface area contributed by atoms with Gasteiger partial charge in [-0.3, -0.25) is 5.32 Å². The lowest BCUT2D eigenvalue weighted by molar-refractivity contribution is 0.0636. The Morgan fingerprint density at radius 1 is 1.47 bits per heavy atom. The number of aliphatic hydroxyl groups excluding tert-OH is 1.